The van der Waals surface area contributed by atoms with Crippen LogP contribution in [0.4, 0.5) is 5.69 Å². The van der Waals surface area contributed by atoms with Crippen LogP contribution in [0.5, 0.6) is 5.75 Å². The van der Waals surface area contributed by atoms with Crippen LogP contribution in [0.1, 0.15) is 22.8 Å². The van der Waals surface area contributed by atoms with E-state index in [4.69, 9.17) is 4.74 Å². The zero-order valence-electron chi connectivity index (χ0n) is 13.7. The van der Waals surface area contributed by atoms with E-state index in [9.17, 15) is 13.2 Å². The minimum Gasteiger partial charge on any atom is -0.494 e. The predicted octanol–water partition coefficient (Wildman–Crippen LogP) is 2.98. The van der Waals surface area contributed by atoms with Crippen molar-refractivity contribution in [2.75, 3.05) is 18.4 Å². The van der Waals surface area contributed by atoms with Crippen molar-refractivity contribution in [3.8, 4) is 5.75 Å². The normalized spacial score (nSPS) is 11.0. The molecule has 0 radical (unpaired) electrons. The molecule has 0 amide bonds. The Morgan fingerprint density at radius 1 is 1.12 bits per heavy atom. The summed E-state index contributed by atoms with van der Waals surface area (Å²) < 4.78 is 37.5. The van der Waals surface area contributed by atoms with Crippen LogP contribution in [0.2, 0.25) is 0 Å². The number of carbonyl (C=O) groups excluding carboxylic acids is 1. The molecule has 2 rings (SSSR count). The maximum absolute atomic E-state index is 12.5. The van der Waals surface area contributed by atoms with Crippen molar-refractivity contribution >= 4 is 21.7 Å². The highest BCUT2D eigenvalue weighted by molar-refractivity contribution is 7.92. The molecule has 0 fully saturated rings. The summed E-state index contributed by atoms with van der Waals surface area (Å²) >= 11 is 0. The van der Waals surface area contributed by atoms with Crippen LogP contribution in [-0.2, 0) is 14.8 Å². The Labute approximate surface area is 141 Å². The van der Waals surface area contributed by atoms with Gasteiger partial charge in [0.1, 0.15) is 5.75 Å². The molecule has 0 aliphatic heterocycles. The van der Waals surface area contributed by atoms with Crippen LogP contribution in [0.15, 0.2) is 47.4 Å². The van der Waals surface area contributed by atoms with Gasteiger partial charge in [-0.25, -0.2) is 13.2 Å². The van der Waals surface area contributed by atoms with Crippen molar-refractivity contribution in [2.24, 2.45) is 0 Å². The molecule has 6 nitrogen and oxygen atoms in total. The molecule has 0 bridgehead atoms. The third-order valence-corrected chi connectivity index (χ3v) is 4.73. The van der Waals surface area contributed by atoms with E-state index in [1.54, 1.807) is 31.2 Å². The Hall–Kier alpha value is -2.54. The van der Waals surface area contributed by atoms with E-state index in [0.717, 1.165) is 0 Å². The van der Waals surface area contributed by atoms with Gasteiger partial charge in [-0.2, -0.15) is 0 Å². The molecule has 0 saturated heterocycles. The minimum absolute atomic E-state index is 0.105. The molecule has 0 atom stereocenters. The van der Waals surface area contributed by atoms with Gasteiger partial charge in [0.2, 0.25) is 0 Å². The zero-order chi connectivity index (χ0) is 17.7. The second-order valence-electron chi connectivity index (χ2n) is 5.03. The molecule has 0 aliphatic carbocycles. The summed E-state index contributed by atoms with van der Waals surface area (Å²) in [6.07, 6.45) is 0. The highest BCUT2D eigenvalue weighted by atomic mass is 32.2. The molecule has 24 heavy (non-hydrogen) atoms. The molecule has 2 aromatic carbocycles. The lowest BCUT2D eigenvalue weighted by Gasteiger charge is -2.12. The van der Waals surface area contributed by atoms with Gasteiger partial charge in [-0.15, -0.1) is 0 Å². The molecule has 2 aromatic rings. The summed E-state index contributed by atoms with van der Waals surface area (Å²) in [5.41, 5.74) is 1.29. The monoisotopic (exact) mass is 349 g/mol. The van der Waals surface area contributed by atoms with Crippen LogP contribution in [0.25, 0.3) is 0 Å². The highest BCUT2D eigenvalue weighted by Crippen LogP contribution is 2.23. The number of esters is 1. The largest absolute Gasteiger partial charge is 0.494 e. The lowest BCUT2D eigenvalue weighted by Crippen LogP contribution is -2.14. The smallest absolute Gasteiger partial charge is 0.337 e. The van der Waals surface area contributed by atoms with Crippen molar-refractivity contribution in [3.05, 3.63) is 53.6 Å². The Morgan fingerprint density at radius 3 is 2.38 bits per heavy atom. The molecular weight excluding hydrogens is 330 g/mol. The molecule has 1 N–H and O–H groups in total. The van der Waals surface area contributed by atoms with Gasteiger partial charge < -0.3 is 9.47 Å². The lowest BCUT2D eigenvalue weighted by atomic mass is 10.1. The van der Waals surface area contributed by atoms with E-state index in [1.807, 2.05) is 6.92 Å². The van der Waals surface area contributed by atoms with Crippen molar-refractivity contribution in [3.63, 3.8) is 0 Å². The standard InChI is InChI=1S/C17H19NO5S/c1-4-23-14-7-9-15(10-8-14)24(20,21)18-16-11-13(17(19)22-3)6-5-12(16)2/h5-11,18H,4H2,1-3H3. The summed E-state index contributed by atoms with van der Waals surface area (Å²) in [7, 11) is -2.50. The van der Waals surface area contributed by atoms with Crippen molar-refractivity contribution in [1.29, 1.82) is 0 Å². The van der Waals surface area contributed by atoms with Crippen molar-refractivity contribution in [2.45, 2.75) is 18.7 Å². The maximum Gasteiger partial charge on any atom is 0.337 e. The number of carbonyl (C=O) groups is 1. The summed E-state index contributed by atoms with van der Waals surface area (Å²) in [4.78, 5) is 11.7. The lowest BCUT2D eigenvalue weighted by molar-refractivity contribution is 0.0601. The number of hydrogen-bond acceptors (Lipinski definition) is 5. The van der Waals surface area contributed by atoms with Gasteiger partial charge in [0.25, 0.3) is 10.0 Å². The average Bonchev–Trinajstić information content (AvgIpc) is 2.57. The molecule has 0 aliphatic rings. The molecule has 0 aromatic heterocycles. The van der Waals surface area contributed by atoms with Gasteiger partial charge >= 0.3 is 5.97 Å². The fourth-order valence-electron chi connectivity index (χ4n) is 2.06. The summed E-state index contributed by atoms with van der Waals surface area (Å²) in [5.74, 6) is 0.0665. The topological polar surface area (TPSA) is 81.7 Å². The van der Waals surface area contributed by atoms with Gasteiger partial charge in [-0.1, -0.05) is 6.07 Å². The number of nitrogens with one attached hydrogen (secondary N) is 1. The first-order chi connectivity index (χ1) is 11.4. The van der Waals surface area contributed by atoms with Gasteiger partial charge in [-0.3, -0.25) is 4.72 Å². The van der Waals surface area contributed by atoms with Gasteiger partial charge in [0.15, 0.2) is 0 Å². The zero-order valence-corrected chi connectivity index (χ0v) is 14.5. The van der Waals surface area contributed by atoms with Gasteiger partial charge in [0.05, 0.1) is 29.9 Å². The number of anilines is 1. The first kappa shape index (κ1) is 17.8. The van der Waals surface area contributed by atoms with Crippen LogP contribution < -0.4 is 9.46 Å². The van der Waals surface area contributed by atoms with Crippen molar-refractivity contribution < 1.29 is 22.7 Å². The van der Waals surface area contributed by atoms with Crippen LogP contribution in [0.3, 0.4) is 0 Å². The average molecular weight is 349 g/mol. The van der Waals surface area contributed by atoms with E-state index < -0.39 is 16.0 Å². The Bertz CT molecular complexity index is 829. The first-order valence-corrected chi connectivity index (χ1v) is 8.80. The molecule has 0 heterocycles. The molecular formula is C17H19NO5S. The molecule has 128 valence electrons. The third kappa shape index (κ3) is 4.05. The second kappa shape index (κ2) is 7.35. The molecule has 0 unspecified atom stereocenters. The van der Waals surface area contributed by atoms with E-state index in [2.05, 4.69) is 9.46 Å². The van der Waals surface area contributed by atoms with Crippen LogP contribution in [0, 0.1) is 6.92 Å². The molecule has 7 heteroatoms. The minimum atomic E-state index is -3.77. The Morgan fingerprint density at radius 2 is 1.79 bits per heavy atom. The predicted molar refractivity (Wildman–Crippen MR) is 90.9 cm³/mol. The van der Waals surface area contributed by atoms with E-state index in [-0.39, 0.29) is 10.5 Å². The van der Waals surface area contributed by atoms with E-state index in [0.29, 0.717) is 23.6 Å². The third-order valence-electron chi connectivity index (χ3n) is 3.35. The fraction of sp³-hybridized carbons (Fsp3) is 0.235. The second-order valence-corrected chi connectivity index (χ2v) is 6.71. The number of ether oxygens (including phenoxy) is 2. The number of hydrogen-bond donors (Lipinski definition) is 1. The summed E-state index contributed by atoms with van der Waals surface area (Å²) in [6, 6.07) is 10.8. The quantitative estimate of drug-likeness (QED) is 0.811. The van der Waals surface area contributed by atoms with Gasteiger partial charge in [-0.05, 0) is 55.8 Å². The molecule has 0 spiro atoms. The SMILES string of the molecule is CCOc1ccc(S(=O)(=O)Nc2cc(C(=O)OC)ccc2C)cc1. The molecule has 0 saturated carbocycles. The summed E-state index contributed by atoms with van der Waals surface area (Å²) in [5, 5.41) is 0. The van der Waals surface area contributed by atoms with Crippen molar-refractivity contribution in [1.82, 2.24) is 0 Å². The van der Waals surface area contributed by atoms with Gasteiger partial charge in [0, 0.05) is 0 Å². The number of rotatable bonds is 6. The Balaban J connectivity index is 2.30. The highest BCUT2D eigenvalue weighted by Gasteiger charge is 2.17. The van der Waals surface area contributed by atoms with Crippen LogP contribution >= 0.6 is 0 Å². The fourth-order valence-corrected chi connectivity index (χ4v) is 3.18. The van der Waals surface area contributed by atoms with E-state index >= 15 is 0 Å². The maximum atomic E-state index is 12.5. The van der Waals surface area contributed by atoms with E-state index in [1.165, 1.54) is 25.3 Å². The van der Waals surface area contributed by atoms with Crippen LogP contribution in [-0.4, -0.2) is 28.1 Å². The summed E-state index contributed by atoms with van der Waals surface area (Å²) in [6.45, 7) is 4.10. The Kier molecular flexibility index (Phi) is 5.46. The first-order valence-electron chi connectivity index (χ1n) is 7.32. The number of aryl methyl sites for hydroxylation is 1. The number of methoxy groups -OCH3 is 1. The number of benzene rings is 2. The number of sulfonamides is 1.